The number of benzene rings is 2. The number of hydrogen-bond donors (Lipinski definition) is 1. The minimum Gasteiger partial charge on any atom is -0.497 e. The Kier molecular flexibility index (Phi) is 5.34. The van der Waals surface area contributed by atoms with Gasteiger partial charge in [0, 0.05) is 17.2 Å². The molecular formula is C20H25NO4. The molecule has 1 aliphatic heterocycles. The van der Waals surface area contributed by atoms with E-state index in [4.69, 9.17) is 18.9 Å². The normalized spacial score (nSPS) is 16.1. The summed E-state index contributed by atoms with van der Waals surface area (Å²) in [7, 11) is 6.79. The van der Waals surface area contributed by atoms with Gasteiger partial charge in [-0.3, -0.25) is 0 Å². The fourth-order valence-electron chi connectivity index (χ4n) is 3.54. The lowest BCUT2D eigenvalue weighted by atomic mass is 9.88. The average Bonchev–Trinajstić information content (AvgIpc) is 2.67. The molecular weight excluding hydrogens is 318 g/mol. The zero-order valence-corrected chi connectivity index (χ0v) is 15.2. The molecule has 0 aliphatic carbocycles. The van der Waals surface area contributed by atoms with Gasteiger partial charge in [0.25, 0.3) is 0 Å². The molecule has 134 valence electrons. The van der Waals surface area contributed by atoms with E-state index in [1.807, 2.05) is 30.3 Å². The highest BCUT2D eigenvalue weighted by molar-refractivity contribution is 5.53. The fraction of sp³-hybridized carbons (Fsp3) is 0.400. The van der Waals surface area contributed by atoms with E-state index in [0.717, 1.165) is 53.5 Å². The summed E-state index contributed by atoms with van der Waals surface area (Å²) in [5.41, 5.74) is 3.47. The molecule has 1 unspecified atom stereocenters. The van der Waals surface area contributed by atoms with Crippen molar-refractivity contribution in [2.45, 2.75) is 18.9 Å². The van der Waals surface area contributed by atoms with Crippen molar-refractivity contribution in [3.8, 4) is 23.0 Å². The monoisotopic (exact) mass is 343 g/mol. The summed E-state index contributed by atoms with van der Waals surface area (Å²) in [5, 5.41) is 3.61. The molecule has 2 aromatic rings. The summed E-state index contributed by atoms with van der Waals surface area (Å²) in [6, 6.07) is 9.96. The van der Waals surface area contributed by atoms with E-state index in [-0.39, 0.29) is 6.04 Å². The molecule has 3 rings (SSSR count). The molecule has 5 heteroatoms. The van der Waals surface area contributed by atoms with E-state index in [1.165, 1.54) is 5.56 Å². The van der Waals surface area contributed by atoms with E-state index in [0.29, 0.717) is 0 Å². The molecule has 0 fully saturated rings. The molecule has 1 aliphatic rings. The number of rotatable bonds is 6. The Balaban J connectivity index is 2.02. The molecule has 0 saturated heterocycles. The van der Waals surface area contributed by atoms with Crippen LogP contribution < -0.4 is 24.3 Å². The third-order valence-corrected chi connectivity index (χ3v) is 4.74. The van der Waals surface area contributed by atoms with Gasteiger partial charge in [-0.1, -0.05) is 0 Å². The highest BCUT2D eigenvalue weighted by atomic mass is 16.5. The molecule has 0 bridgehead atoms. The topological polar surface area (TPSA) is 49.0 Å². The number of nitrogens with one attached hydrogen (secondary N) is 1. The number of fused-ring (bicyclic) bond motifs is 1. The highest BCUT2D eigenvalue weighted by Crippen LogP contribution is 2.40. The third kappa shape index (κ3) is 3.37. The van der Waals surface area contributed by atoms with Gasteiger partial charge in [0.1, 0.15) is 23.0 Å². The van der Waals surface area contributed by atoms with Crippen molar-refractivity contribution < 1.29 is 18.9 Å². The summed E-state index contributed by atoms with van der Waals surface area (Å²) in [6.45, 7) is 0.896. The number of methoxy groups -OCH3 is 4. The Labute approximate surface area is 148 Å². The van der Waals surface area contributed by atoms with Gasteiger partial charge < -0.3 is 24.3 Å². The first-order valence-corrected chi connectivity index (χ1v) is 8.39. The second-order valence-electron chi connectivity index (χ2n) is 6.00. The molecule has 5 nitrogen and oxygen atoms in total. The predicted octanol–water partition coefficient (Wildman–Crippen LogP) is 3.15. The largest absolute Gasteiger partial charge is 0.497 e. The van der Waals surface area contributed by atoms with Crippen molar-refractivity contribution in [1.29, 1.82) is 0 Å². The lowest BCUT2D eigenvalue weighted by Gasteiger charge is -2.30. The average molecular weight is 343 g/mol. The molecule has 1 atom stereocenters. The molecule has 25 heavy (non-hydrogen) atoms. The minimum atomic E-state index is 0.120. The predicted molar refractivity (Wildman–Crippen MR) is 97.2 cm³/mol. The van der Waals surface area contributed by atoms with Crippen molar-refractivity contribution in [3.63, 3.8) is 0 Å². The summed E-state index contributed by atoms with van der Waals surface area (Å²) in [4.78, 5) is 0. The quantitative estimate of drug-likeness (QED) is 0.873. The van der Waals surface area contributed by atoms with E-state index in [9.17, 15) is 0 Å². The van der Waals surface area contributed by atoms with Gasteiger partial charge in [0.05, 0.1) is 28.4 Å². The smallest absolute Gasteiger partial charge is 0.124 e. The first-order chi connectivity index (χ1) is 12.2. The second kappa shape index (κ2) is 7.66. The second-order valence-corrected chi connectivity index (χ2v) is 6.00. The van der Waals surface area contributed by atoms with Crippen LogP contribution in [0.15, 0.2) is 30.3 Å². The lowest BCUT2D eigenvalue weighted by molar-refractivity contribution is 0.370. The summed E-state index contributed by atoms with van der Waals surface area (Å²) >= 11 is 0. The van der Waals surface area contributed by atoms with Crippen LogP contribution in [0.4, 0.5) is 0 Å². The Morgan fingerprint density at radius 2 is 1.56 bits per heavy atom. The number of ether oxygens (including phenoxy) is 4. The van der Waals surface area contributed by atoms with Crippen molar-refractivity contribution in [2.24, 2.45) is 0 Å². The maximum absolute atomic E-state index is 5.63. The third-order valence-electron chi connectivity index (χ3n) is 4.74. The maximum Gasteiger partial charge on any atom is 0.124 e. The van der Waals surface area contributed by atoms with E-state index in [1.54, 1.807) is 28.4 Å². The Morgan fingerprint density at radius 3 is 2.24 bits per heavy atom. The van der Waals surface area contributed by atoms with Crippen molar-refractivity contribution >= 4 is 0 Å². The van der Waals surface area contributed by atoms with Gasteiger partial charge in [-0.15, -0.1) is 0 Å². The standard InChI is InChI=1S/C20H25NO4/c1-22-14-5-6-17(23-2)13(11-14)12-16-20-15(9-10-21-16)18(24-3)7-8-19(20)25-4/h5-8,11,16,21H,9-10,12H2,1-4H3. The van der Waals surface area contributed by atoms with Crippen LogP contribution in [0.25, 0.3) is 0 Å². The maximum atomic E-state index is 5.63. The van der Waals surface area contributed by atoms with Crippen LogP contribution in [0.5, 0.6) is 23.0 Å². The summed E-state index contributed by atoms with van der Waals surface area (Å²) < 4.78 is 22.1. The lowest BCUT2D eigenvalue weighted by Crippen LogP contribution is -2.32. The zero-order valence-electron chi connectivity index (χ0n) is 15.2. The van der Waals surface area contributed by atoms with E-state index in [2.05, 4.69) is 5.32 Å². The Hall–Kier alpha value is -2.40. The first kappa shape index (κ1) is 17.4. The van der Waals surface area contributed by atoms with Gasteiger partial charge in [0.15, 0.2) is 0 Å². The van der Waals surface area contributed by atoms with Gasteiger partial charge in [-0.2, -0.15) is 0 Å². The highest BCUT2D eigenvalue weighted by Gasteiger charge is 2.27. The first-order valence-electron chi connectivity index (χ1n) is 8.39. The van der Waals surface area contributed by atoms with Gasteiger partial charge in [-0.05, 0) is 55.3 Å². The van der Waals surface area contributed by atoms with E-state index >= 15 is 0 Å². The van der Waals surface area contributed by atoms with Crippen LogP contribution in [0, 0.1) is 0 Å². The van der Waals surface area contributed by atoms with Crippen molar-refractivity contribution in [3.05, 3.63) is 47.0 Å². The molecule has 0 radical (unpaired) electrons. The molecule has 2 aromatic carbocycles. The SMILES string of the molecule is COc1ccc(OC)c(CC2NCCc3c(OC)ccc(OC)c32)c1. The molecule has 1 N–H and O–H groups in total. The van der Waals surface area contributed by atoms with Gasteiger partial charge >= 0.3 is 0 Å². The molecule has 0 spiro atoms. The van der Waals surface area contributed by atoms with Crippen LogP contribution in [0.1, 0.15) is 22.7 Å². The number of hydrogen-bond acceptors (Lipinski definition) is 5. The van der Waals surface area contributed by atoms with Gasteiger partial charge in [0.2, 0.25) is 0 Å². The summed E-state index contributed by atoms with van der Waals surface area (Å²) in [6.07, 6.45) is 1.69. The van der Waals surface area contributed by atoms with Crippen molar-refractivity contribution in [2.75, 3.05) is 35.0 Å². The fourth-order valence-corrected chi connectivity index (χ4v) is 3.54. The van der Waals surface area contributed by atoms with Gasteiger partial charge in [-0.25, -0.2) is 0 Å². The molecule has 0 saturated carbocycles. The molecule has 0 aromatic heterocycles. The Morgan fingerprint density at radius 1 is 0.880 bits per heavy atom. The summed E-state index contributed by atoms with van der Waals surface area (Å²) in [5.74, 6) is 3.48. The van der Waals surface area contributed by atoms with Crippen LogP contribution in [-0.2, 0) is 12.8 Å². The molecule has 0 amide bonds. The van der Waals surface area contributed by atoms with Crippen LogP contribution in [-0.4, -0.2) is 35.0 Å². The van der Waals surface area contributed by atoms with Crippen LogP contribution in [0.2, 0.25) is 0 Å². The van der Waals surface area contributed by atoms with Crippen molar-refractivity contribution in [1.82, 2.24) is 5.32 Å². The Bertz CT molecular complexity index is 745. The molecule has 1 heterocycles. The van der Waals surface area contributed by atoms with E-state index < -0.39 is 0 Å². The van der Waals surface area contributed by atoms with Crippen LogP contribution >= 0.6 is 0 Å². The zero-order chi connectivity index (χ0) is 17.8. The minimum absolute atomic E-state index is 0.120. The van der Waals surface area contributed by atoms with Crippen LogP contribution in [0.3, 0.4) is 0 Å².